The zero-order valence-corrected chi connectivity index (χ0v) is 11.3. The van der Waals surface area contributed by atoms with Gasteiger partial charge < -0.3 is 4.90 Å². The molecule has 0 unspecified atom stereocenters. The van der Waals surface area contributed by atoms with Gasteiger partial charge >= 0.3 is 0 Å². The van der Waals surface area contributed by atoms with Crippen LogP contribution in [0.2, 0.25) is 0 Å². The van der Waals surface area contributed by atoms with Crippen molar-refractivity contribution in [3.05, 3.63) is 17.6 Å². The van der Waals surface area contributed by atoms with Gasteiger partial charge in [0.1, 0.15) is 11.6 Å². The molecule has 0 N–H and O–H groups in total. The monoisotopic (exact) mass is 241 g/mol. The third-order valence-electron chi connectivity index (χ3n) is 2.43. The quantitative estimate of drug-likeness (QED) is 0.743. The molecule has 0 aliphatic carbocycles. The minimum absolute atomic E-state index is 0.355. The van der Waals surface area contributed by atoms with Crippen molar-refractivity contribution in [1.29, 1.82) is 0 Å². The average Bonchev–Trinajstić information content (AvgIpc) is 2.24. The standard InChI is InChI=1S/C12H20ClN3/c1-5-16(7-6-13)11-8-10(4)14-12(15-11)9(2)3/h8-9H,5-7H2,1-4H3. The summed E-state index contributed by atoms with van der Waals surface area (Å²) in [6, 6.07) is 2.02. The summed E-state index contributed by atoms with van der Waals surface area (Å²) in [6.07, 6.45) is 0. The van der Waals surface area contributed by atoms with Gasteiger partial charge in [0.05, 0.1) is 0 Å². The molecule has 3 nitrogen and oxygen atoms in total. The number of aromatic nitrogens is 2. The highest BCUT2D eigenvalue weighted by molar-refractivity contribution is 6.18. The molecule has 0 atom stereocenters. The number of nitrogens with zero attached hydrogens (tertiary/aromatic N) is 3. The molecule has 0 bridgehead atoms. The zero-order valence-electron chi connectivity index (χ0n) is 10.5. The Bertz CT molecular complexity index is 339. The molecule has 4 heteroatoms. The van der Waals surface area contributed by atoms with E-state index in [2.05, 4.69) is 35.6 Å². The van der Waals surface area contributed by atoms with E-state index in [1.165, 1.54) is 0 Å². The number of hydrogen-bond donors (Lipinski definition) is 0. The fourth-order valence-corrected chi connectivity index (χ4v) is 1.74. The lowest BCUT2D eigenvalue weighted by Crippen LogP contribution is -2.26. The smallest absolute Gasteiger partial charge is 0.133 e. The van der Waals surface area contributed by atoms with Crippen LogP contribution in [0, 0.1) is 6.92 Å². The molecule has 0 radical (unpaired) electrons. The van der Waals surface area contributed by atoms with Crippen LogP contribution in [0.4, 0.5) is 5.82 Å². The number of hydrogen-bond acceptors (Lipinski definition) is 3. The van der Waals surface area contributed by atoms with Crippen LogP contribution < -0.4 is 4.90 Å². The van der Waals surface area contributed by atoms with E-state index in [1.54, 1.807) is 0 Å². The summed E-state index contributed by atoms with van der Waals surface area (Å²) in [5.74, 6) is 2.86. The highest BCUT2D eigenvalue weighted by Crippen LogP contribution is 2.16. The number of rotatable bonds is 5. The van der Waals surface area contributed by atoms with Gasteiger partial charge in [-0.15, -0.1) is 11.6 Å². The fourth-order valence-electron chi connectivity index (χ4n) is 1.53. The van der Waals surface area contributed by atoms with Crippen LogP contribution in [0.1, 0.15) is 38.2 Å². The average molecular weight is 242 g/mol. The first-order valence-corrected chi connectivity index (χ1v) is 6.28. The van der Waals surface area contributed by atoms with Crippen LogP contribution >= 0.6 is 11.6 Å². The van der Waals surface area contributed by atoms with E-state index in [9.17, 15) is 0 Å². The first kappa shape index (κ1) is 13.2. The normalized spacial score (nSPS) is 10.9. The Hall–Kier alpha value is -0.830. The van der Waals surface area contributed by atoms with Crippen molar-refractivity contribution in [3.63, 3.8) is 0 Å². The summed E-state index contributed by atoms with van der Waals surface area (Å²) in [4.78, 5) is 11.2. The van der Waals surface area contributed by atoms with Gasteiger partial charge in [-0.25, -0.2) is 9.97 Å². The summed E-state index contributed by atoms with van der Waals surface area (Å²) in [5.41, 5.74) is 1.02. The largest absolute Gasteiger partial charge is 0.356 e. The SMILES string of the molecule is CCN(CCCl)c1cc(C)nc(C(C)C)n1. The number of anilines is 1. The molecule has 1 rings (SSSR count). The van der Waals surface area contributed by atoms with Gasteiger partial charge in [-0.2, -0.15) is 0 Å². The molecule has 0 aliphatic rings. The lowest BCUT2D eigenvalue weighted by molar-refractivity contribution is 0.749. The number of halogens is 1. The van der Waals surface area contributed by atoms with E-state index in [0.29, 0.717) is 11.8 Å². The van der Waals surface area contributed by atoms with E-state index < -0.39 is 0 Å². The maximum Gasteiger partial charge on any atom is 0.133 e. The lowest BCUT2D eigenvalue weighted by atomic mass is 10.2. The third-order valence-corrected chi connectivity index (χ3v) is 2.60. The number of alkyl halides is 1. The minimum Gasteiger partial charge on any atom is -0.356 e. The topological polar surface area (TPSA) is 29.0 Å². The van der Waals surface area contributed by atoms with Crippen LogP contribution in [0.3, 0.4) is 0 Å². The Kier molecular flexibility index (Phi) is 5.00. The van der Waals surface area contributed by atoms with E-state index in [-0.39, 0.29) is 0 Å². The van der Waals surface area contributed by atoms with Gasteiger partial charge in [-0.05, 0) is 13.8 Å². The molecule has 16 heavy (non-hydrogen) atoms. The second-order valence-electron chi connectivity index (χ2n) is 4.15. The van der Waals surface area contributed by atoms with Gasteiger partial charge in [0.25, 0.3) is 0 Å². The first-order chi connectivity index (χ1) is 7.58. The van der Waals surface area contributed by atoms with Crippen LogP contribution in [0.15, 0.2) is 6.07 Å². The predicted octanol–water partition coefficient (Wildman–Crippen LogP) is 2.97. The zero-order chi connectivity index (χ0) is 12.1. The maximum absolute atomic E-state index is 5.78. The van der Waals surface area contributed by atoms with Crippen LogP contribution in [0.5, 0.6) is 0 Å². The molecule has 0 aromatic carbocycles. The van der Waals surface area contributed by atoms with Crippen molar-refractivity contribution in [3.8, 4) is 0 Å². The molecular weight excluding hydrogens is 222 g/mol. The molecule has 0 saturated carbocycles. The summed E-state index contributed by atoms with van der Waals surface area (Å²) in [7, 11) is 0. The second-order valence-corrected chi connectivity index (χ2v) is 4.53. The number of aryl methyl sites for hydroxylation is 1. The molecule has 0 saturated heterocycles. The molecule has 90 valence electrons. The van der Waals surface area contributed by atoms with E-state index in [0.717, 1.165) is 30.4 Å². The predicted molar refractivity (Wildman–Crippen MR) is 69.5 cm³/mol. The Morgan fingerprint density at radius 2 is 2.06 bits per heavy atom. The van der Waals surface area contributed by atoms with Gasteiger partial charge in [0.15, 0.2) is 0 Å². The van der Waals surface area contributed by atoms with Gasteiger partial charge in [0.2, 0.25) is 0 Å². The molecule has 1 aromatic rings. The molecule has 0 amide bonds. The molecule has 0 fully saturated rings. The van der Waals surface area contributed by atoms with Crippen molar-refractivity contribution in [2.75, 3.05) is 23.9 Å². The summed E-state index contributed by atoms with van der Waals surface area (Å²) >= 11 is 5.78. The van der Waals surface area contributed by atoms with E-state index in [4.69, 9.17) is 11.6 Å². The lowest BCUT2D eigenvalue weighted by Gasteiger charge is -2.22. The Morgan fingerprint density at radius 1 is 1.38 bits per heavy atom. The van der Waals surface area contributed by atoms with Crippen molar-refractivity contribution < 1.29 is 0 Å². The molecular formula is C12H20ClN3. The maximum atomic E-state index is 5.78. The molecule has 0 aliphatic heterocycles. The second kappa shape index (κ2) is 6.04. The van der Waals surface area contributed by atoms with E-state index >= 15 is 0 Å². The van der Waals surface area contributed by atoms with Gasteiger partial charge in [0, 0.05) is 36.6 Å². The first-order valence-electron chi connectivity index (χ1n) is 5.75. The van der Waals surface area contributed by atoms with Gasteiger partial charge in [-0.1, -0.05) is 13.8 Å². The molecule has 1 aromatic heterocycles. The summed E-state index contributed by atoms with van der Waals surface area (Å²) in [6.45, 7) is 10.1. The third kappa shape index (κ3) is 3.34. The minimum atomic E-state index is 0.355. The van der Waals surface area contributed by atoms with Crippen molar-refractivity contribution in [1.82, 2.24) is 9.97 Å². The highest BCUT2D eigenvalue weighted by atomic mass is 35.5. The Labute approximate surface area is 103 Å². The van der Waals surface area contributed by atoms with Gasteiger partial charge in [-0.3, -0.25) is 0 Å². The fraction of sp³-hybridized carbons (Fsp3) is 0.667. The Morgan fingerprint density at radius 3 is 2.56 bits per heavy atom. The molecule has 1 heterocycles. The van der Waals surface area contributed by atoms with E-state index in [1.807, 2.05) is 13.0 Å². The summed E-state index contributed by atoms with van der Waals surface area (Å²) < 4.78 is 0. The van der Waals surface area contributed by atoms with Crippen molar-refractivity contribution in [2.45, 2.75) is 33.6 Å². The van der Waals surface area contributed by atoms with Crippen LogP contribution in [-0.4, -0.2) is 28.9 Å². The van der Waals surface area contributed by atoms with Crippen LogP contribution in [0.25, 0.3) is 0 Å². The van der Waals surface area contributed by atoms with Crippen molar-refractivity contribution >= 4 is 17.4 Å². The summed E-state index contributed by atoms with van der Waals surface area (Å²) in [5, 5.41) is 0. The van der Waals surface area contributed by atoms with Crippen LogP contribution in [-0.2, 0) is 0 Å². The Balaban J connectivity index is 3.02. The molecule has 0 spiro atoms. The van der Waals surface area contributed by atoms with Crippen molar-refractivity contribution in [2.24, 2.45) is 0 Å². The highest BCUT2D eigenvalue weighted by Gasteiger charge is 2.10.